The molecule has 3 rings (SSSR count). The molecule has 0 aliphatic heterocycles. The monoisotopic (exact) mass is 458 g/mol. The van der Waals surface area contributed by atoms with E-state index in [0.717, 1.165) is 36.1 Å². The largest absolute Gasteiger partial charge is 0.352 e. The minimum Gasteiger partial charge on any atom is -0.352 e. The van der Waals surface area contributed by atoms with Gasteiger partial charge >= 0.3 is 0 Å². The predicted molar refractivity (Wildman–Crippen MR) is 128 cm³/mol. The molecule has 1 aliphatic carbocycles. The van der Waals surface area contributed by atoms with Gasteiger partial charge in [-0.15, -0.1) is 11.8 Å². The number of carbonyl (C=O) groups is 2. The van der Waals surface area contributed by atoms with Gasteiger partial charge in [0.05, 0.1) is 5.75 Å². The second-order valence-corrected chi connectivity index (χ2v) is 9.76. The number of carbonyl (C=O) groups excluding carboxylic acids is 2. The molecule has 0 spiro atoms. The third-order valence-corrected chi connectivity index (χ3v) is 6.98. The highest BCUT2D eigenvalue weighted by atomic mass is 35.5. The number of nitrogens with zero attached hydrogens (tertiary/aromatic N) is 1. The lowest BCUT2D eigenvalue weighted by Gasteiger charge is -2.31. The zero-order valence-corrected chi connectivity index (χ0v) is 19.8. The Balaban J connectivity index is 1.70. The summed E-state index contributed by atoms with van der Waals surface area (Å²) in [6.45, 7) is 4.21. The van der Waals surface area contributed by atoms with E-state index in [1.807, 2.05) is 62.4 Å². The number of nitrogens with one attached hydrogen (secondary N) is 1. The highest BCUT2D eigenvalue weighted by Gasteiger charge is 2.28. The van der Waals surface area contributed by atoms with Crippen molar-refractivity contribution in [3.05, 3.63) is 64.7 Å². The molecule has 1 N–H and O–H groups in total. The van der Waals surface area contributed by atoms with E-state index in [-0.39, 0.29) is 23.6 Å². The number of halogens is 1. The van der Waals surface area contributed by atoms with Crippen LogP contribution in [0.3, 0.4) is 0 Å². The first kappa shape index (κ1) is 23.7. The van der Waals surface area contributed by atoms with Crippen molar-refractivity contribution in [1.29, 1.82) is 0 Å². The van der Waals surface area contributed by atoms with E-state index in [1.54, 1.807) is 4.90 Å². The van der Waals surface area contributed by atoms with Gasteiger partial charge in [0.1, 0.15) is 6.04 Å². The molecule has 0 saturated heterocycles. The molecule has 0 heterocycles. The molecule has 1 aliphatic rings. The van der Waals surface area contributed by atoms with Crippen molar-refractivity contribution in [3.8, 4) is 0 Å². The van der Waals surface area contributed by atoms with Crippen LogP contribution in [0, 0.1) is 6.92 Å². The lowest BCUT2D eigenvalue weighted by Crippen LogP contribution is -2.50. The molecule has 2 aromatic carbocycles. The second kappa shape index (κ2) is 11.6. The maximum absolute atomic E-state index is 13.2. The Bertz CT molecular complexity index is 881. The Morgan fingerprint density at radius 2 is 1.84 bits per heavy atom. The van der Waals surface area contributed by atoms with E-state index < -0.39 is 6.04 Å². The standard InChI is InChI=1S/C25H31ClN2O2S/c1-18-11-13-23(14-12-18)31-17-24(29)28(16-20-7-6-8-21(26)15-20)19(2)25(30)27-22-9-4-3-5-10-22/h6-8,11-15,19,22H,3-5,9-10,16-17H2,1-2H3,(H,27,30)/t19-/m0/s1. The van der Waals surface area contributed by atoms with Crippen LogP contribution in [0.15, 0.2) is 53.4 Å². The number of aryl methyl sites for hydroxylation is 1. The summed E-state index contributed by atoms with van der Waals surface area (Å²) in [5.74, 6) is 0.143. The number of benzene rings is 2. The summed E-state index contributed by atoms with van der Waals surface area (Å²) in [4.78, 5) is 28.9. The molecule has 0 unspecified atom stereocenters. The molecule has 1 fully saturated rings. The van der Waals surface area contributed by atoms with E-state index in [0.29, 0.717) is 11.6 Å². The SMILES string of the molecule is Cc1ccc(SCC(=O)N(Cc2cccc(Cl)c2)[C@@H](C)C(=O)NC2CCCCC2)cc1. The van der Waals surface area contributed by atoms with Gasteiger partial charge in [0.15, 0.2) is 0 Å². The fraction of sp³-hybridized carbons (Fsp3) is 0.440. The van der Waals surface area contributed by atoms with Crippen LogP contribution in [0.25, 0.3) is 0 Å². The summed E-state index contributed by atoms with van der Waals surface area (Å²) in [7, 11) is 0. The molecule has 2 amide bonds. The van der Waals surface area contributed by atoms with Crippen molar-refractivity contribution in [2.75, 3.05) is 5.75 Å². The second-order valence-electron chi connectivity index (χ2n) is 8.27. The van der Waals surface area contributed by atoms with Gasteiger partial charge in [0.2, 0.25) is 11.8 Å². The average Bonchev–Trinajstić information content (AvgIpc) is 2.77. The Labute approximate surface area is 194 Å². The molecule has 4 nitrogen and oxygen atoms in total. The summed E-state index contributed by atoms with van der Waals surface area (Å²) in [6.07, 6.45) is 5.57. The summed E-state index contributed by atoms with van der Waals surface area (Å²) in [5, 5.41) is 3.79. The van der Waals surface area contributed by atoms with Gasteiger partial charge in [-0.1, -0.05) is 60.7 Å². The molecular formula is C25H31ClN2O2S. The number of thioether (sulfide) groups is 1. The quantitative estimate of drug-likeness (QED) is 0.523. The van der Waals surface area contributed by atoms with E-state index in [9.17, 15) is 9.59 Å². The van der Waals surface area contributed by atoms with Gasteiger partial charge in [-0.25, -0.2) is 0 Å². The van der Waals surface area contributed by atoms with Crippen LogP contribution < -0.4 is 5.32 Å². The third-order valence-electron chi connectivity index (χ3n) is 5.74. The van der Waals surface area contributed by atoms with Crippen LogP contribution in [0.5, 0.6) is 0 Å². The van der Waals surface area contributed by atoms with Crippen LogP contribution in [0.1, 0.15) is 50.2 Å². The van der Waals surface area contributed by atoms with Crippen molar-refractivity contribution in [2.45, 2.75) is 69.5 Å². The zero-order chi connectivity index (χ0) is 22.2. The van der Waals surface area contributed by atoms with Crippen molar-refractivity contribution in [1.82, 2.24) is 10.2 Å². The summed E-state index contributed by atoms with van der Waals surface area (Å²) < 4.78 is 0. The molecule has 1 atom stereocenters. The highest BCUT2D eigenvalue weighted by Crippen LogP contribution is 2.22. The zero-order valence-electron chi connectivity index (χ0n) is 18.3. The Kier molecular flexibility index (Phi) is 8.85. The molecule has 6 heteroatoms. The van der Waals surface area contributed by atoms with Gasteiger partial charge in [-0.3, -0.25) is 9.59 Å². The first-order chi connectivity index (χ1) is 14.9. The van der Waals surface area contributed by atoms with Gasteiger partial charge in [0, 0.05) is 22.5 Å². The molecular weight excluding hydrogens is 428 g/mol. The lowest BCUT2D eigenvalue weighted by atomic mass is 9.95. The fourth-order valence-corrected chi connectivity index (χ4v) is 4.84. The molecule has 2 aromatic rings. The van der Waals surface area contributed by atoms with Crippen molar-refractivity contribution < 1.29 is 9.59 Å². The fourth-order valence-electron chi connectivity index (χ4n) is 3.85. The summed E-state index contributed by atoms with van der Waals surface area (Å²) in [6, 6.07) is 15.2. The normalized spacial score (nSPS) is 15.3. The highest BCUT2D eigenvalue weighted by molar-refractivity contribution is 8.00. The van der Waals surface area contributed by atoms with Crippen LogP contribution in [-0.4, -0.2) is 34.6 Å². The molecule has 0 radical (unpaired) electrons. The van der Waals surface area contributed by atoms with E-state index in [4.69, 9.17) is 11.6 Å². The minimum atomic E-state index is -0.549. The van der Waals surface area contributed by atoms with Crippen LogP contribution in [0.4, 0.5) is 0 Å². The van der Waals surface area contributed by atoms with E-state index in [2.05, 4.69) is 5.32 Å². The van der Waals surface area contributed by atoms with Crippen LogP contribution in [-0.2, 0) is 16.1 Å². The number of amides is 2. The van der Waals surface area contributed by atoms with Gasteiger partial charge in [0.25, 0.3) is 0 Å². The van der Waals surface area contributed by atoms with Crippen LogP contribution >= 0.6 is 23.4 Å². The van der Waals surface area contributed by atoms with Gasteiger partial charge in [-0.2, -0.15) is 0 Å². The Morgan fingerprint density at radius 1 is 1.13 bits per heavy atom. The van der Waals surface area contributed by atoms with Gasteiger partial charge < -0.3 is 10.2 Å². The maximum Gasteiger partial charge on any atom is 0.242 e. The predicted octanol–water partition coefficient (Wildman–Crippen LogP) is 5.61. The summed E-state index contributed by atoms with van der Waals surface area (Å²) in [5.41, 5.74) is 2.10. The Hall–Kier alpha value is -1.98. The van der Waals surface area contributed by atoms with Gasteiger partial charge in [-0.05, 0) is 56.5 Å². The van der Waals surface area contributed by atoms with Crippen LogP contribution in [0.2, 0.25) is 5.02 Å². The van der Waals surface area contributed by atoms with Crippen molar-refractivity contribution in [2.24, 2.45) is 0 Å². The average molecular weight is 459 g/mol. The number of hydrogen-bond donors (Lipinski definition) is 1. The first-order valence-electron chi connectivity index (χ1n) is 11.0. The van der Waals surface area contributed by atoms with Crippen molar-refractivity contribution in [3.63, 3.8) is 0 Å². The molecule has 31 heavy (non-hydrogen) atoms. The molecule has 166 valence electrons. The number of rotatable bonds is 8. The lowest BCUT2D eigenvalue weighted by molar-refractivity contribution is -0.139. The minimum absolute atomic E-state index is 0.0585. The number of hydrogen-bond acceptors (Lipinski definition) is 3. The van der Waals surface area contributed by atoms with E-state index in [1.165, 1.54) is 23.7 Å². The third kappa shape index (κ3) is 7.29. The van der Waals surface area contributed by atoms with Crippen molar-refractivity contribution >= 4 is 35.2 Å². The summed E-state index contributed by atoms with van der Waals surface area (Å²) >= 11 is 7.64. The molecule has 0 aromatic heterocycles. The Morgan fingerprint density at radius 3 is 2.52 bits per heavy atom. The first-order valence-corrected chi connectivity index (χ1v) is 12.3. The smallest absolute Gasteiger partial charge is 0.242 e. The molecule has 1 saturated carbocycles. The topological polar surface area (TPSA) is 49.4 Å². The maximum atomic E-state index is 13.2. The van der Waals surface area contributed by atoms with E-state index >= 15 is 0 Å². The molecule has 0 bridgehead atoms.